The largest absolute Gasteiger partial charge is 0.490 e. The van der Waals surface area contributed by atoms with Crippen LogP contribution in [0.3, 0.4) is 0 Å². The Hall–Kier alpha value is -4.00. The zero-order valence-electron chi connectivity index (χ0n) is 17.7. The highest BCUT2D eigenvalue weighted by Crippen LogP contribution is 2.31. The fourth-order valence-corrected chi connectivity index (χ4v) is 3.12. The van der Waals surface area contributed by atoms with Crippen LogP contribution in [0.15, 0.2) is 77.9 Å². The number of nitrogens with one attached hydrogen (secondary N) is 1. The molecule has 1 N–H and O–H groups in total. The number of para-hydroxylation sites is 2. The van der Waals surface area contributed by atoms with Crippen molar-refractivity contribution in [1.29, 1.82) is 0 Å². The summed E-state index contributed by atoms with van der Waals surface area (Å²) in [4.78, 5) is 12.4. The van der Waals surface area contributed by atoms with Crippen molar-refractivity contribution in [2.45, 2.75) is 19.6 Å². The maximum Gasteiger partial charge on any atom is 0.284 e. The summed E-state index contributed by atoms with van der Waals surface area (Å²) < 4.78 is 22.9. The van der Waals surface area contributed by atoms with Gasteiger partial charge in [-0.3, -0.25) is 4.79 Å². The van der Waals surface area contributed by atoms with Crippen molar-refractivity contribution in [2.24, 2.45) is 5.10 Å². The van der Waals surface area contributed by atoms with Crippen LogP contribution in [0.4, 0.5) is 0 Å². The van der Waals surface area contributed by atoms with Crippen molar-refractivity contribution in [3.05, 3.63) is 83.9 Å². The summed E-state index contributed by atoms with van der Waals surface area (Å²) in [6, 6.07) is 22.6. The van der Waals surface area contributed by atoms with Gasteiger partial charge < -0.3 is 18.9 Å². The van der Waals surface area contributed by atoms with Gasteiger partial charge in [0.1, 0.15) is 13.2 Å². The molecule has 7 nitrogen and oxygen atoms in total. The highest BCUT2D eigenvalue weighted by molar-refractivity contribution is 5.85. The van der Waals surface area contributed by atoms with E-state index in [1.165, 1.54) is 0 Å². The molecule has 0 radical (unpaired) electrons. The Labute approximate surface area is 186 Å². The highest BCUT2D eigenvalue weighted by Gasteiger charge is 2.27. The van der Waals surface area contributed by atoms with Gasteiger partial charge in [0, 0.05) is 0 Å². The molecular formula is C25H24N2O5. The molecule has 4 rings (SSSR count). The lowest BCUT2D eigenvalue weighted by Crippen LogP contribution is -2.42. The smallest absolute Gasteiger partial charge is 0.284 e. The van der Waals surface area contributed by atoms with Crippen LogP contribution in [-0.4, -0.2) is 31.4 Å². The van der Waals surface area contributed by atoms with Gasteiger partial charge in [0.15, 0.2) is 23.0 Å². The molecule has 0 unspecified atom stereocenters. The lowest BCUT2D eigenvalue weighted by atomic mass is 10.2. The van der Waals surface area contributed by atoms with Crippen molar-refractivity contribution in [3.63, 3.8) is 0 Å². The van der Waals surface area contributed by atoms with E-state index in [9.17, 15) is 4.79 Å². The molecular weight excluding hydrogens is 408 g/mol. The van der Waals surface area contributed by atoms with Crippen LogP contribution in [0, 0.1) is 0 Å². The number of hydrogen-bond acceptors (Lipinski definition) is 6. The second-order valence-electron chi connectivity index (χ2n) is 7.01. The summed E-state index contributed by atoms with van der Waals surface area (Å²) in [5, 5.41) is 4.04. The number of carbonyl (C=O) groups is 1. The number of amides is 1. The van der Waals surface area contributed by atoms with Gasteiger partial charge in [-0.05, 0) is 48.4 Å². The molecule has 1 amide bonds. The van der Waals surface area contributed by atoms with Crippen LogP contribution >= 0.6 is 0 Å². The van der Waals surface area contributed by atoms with Gasteiger partial charge in [-0.2, -0.15) is 5.10 Å². The fourth-order valence-electron chi connectivity index (χ4n) is 3.12. The summed E-state index contributed by atoms with van der Waals surface area (Å²) in [5.74, 6) is 2.03. The van der Waals surface area contributed by atoms with Crippen molar-refractivity contribution < 1.29 is 23.7 Å². The number of hydrazone groups is 1. The number of nitrogens with zero attached hydrogens (tertiary/aromatic N) is 1. The van der Waals surface area contributed by atoms with E-state index in [1.807, 2.05) is 67.6 Å². The van der Waals surface area contributed by atoms with Crippen LogP contribution < -0.4 is 24.4 Å². The van der Waals surface area contributed by atoms with E-state index in [0.717, 1.165) is 11.1 Å². The second-order valence-corrected chi connectivity index (χ2v) is 7.01. The van der Waals surface area contributed by atoms with Crippen LogP contribution in [-0.2, 0) is 11.4 Å². The van der Waals surface area contributed by atoms with E-state index in [1.54, 1.807) is 18.3 Å². The number of benzene rings is 3. The molecule has 0 aliphatic carbocycles. The molecule has 3 aromatic rings. The summed E-state index contributed by atoms with van der Waals surface area (Å²) in [6.07, 6.45) is 0.772. The van der Waals surface area contributed by atoms with Crippen LogP contribution in [0.1, 0.15) is 18.1 Å². The molecule has 1 atom stereocenters. The Kier molecular flexibility index (Phi) is 6.87. The minimum atomic E-state index is -0.769. The standard InChI is InChI=1S/C25H24N2O5/c1-2-29-23-14-19(12-13-21(23)30-16-18-8-4-3-5-9-18)15-26-27-25(28)24-17-31-20-10-6-7-11-22(20)32-24/h3-15,24H,2,16-17H2,1H3,(H,27,28)/b26-15-/t24-/m1/s1. The molecule has 7 heteroatoms. The fraction of sp³-hybridized carbons (Fsp3) is 0.200. The third kappa shape index (κ3) is 5.37. The molecule has 3 aromatic carbocycles. The van der Waals surface area contributed by atoms with Crippen molar-refractivity contribution >= 4 is 12.1 Å². The first kappa shape index (κ1) is 21.2. The van der Waals surface area contributed by atoms with Crippen LogP contribution in [0.2, 0.25) is 0 Å². The van der Waals surface area contributed by atoms with Gasteiger partial charge >= 0.3 is 0 Å². The first-order valence-corrected chi connectivity index (χ1v) is 10.4. The van der Waals surface area contributed by atoms with Gasteiger partial charge in [0.2, 0.25) is 6.10 Å². The summed E-state index contributed by atoms with van der Waals surface area (Å²) >= 11 is 0. The van der Waals surface area contributed by atoms with Gasteiger partial charge in [0.25, 0.3) is 5.91 Å². The normalized spacial score (nSPS) is 14.7. The highest BCUT2D eigenvalue weighted by atomic mass is 16.6. The Morgan fingerprint density at radius 2 is 1.81 bits per heavy atom. The zero-order chi connectivity index (χ0) is 22.2. The minimum Gasteiger partial charge on any atom is -0.490 e. The van der Waals surface area contributed by atoms with Gasteiger partial charge in [-0.15, -0.1) is 0 Å². The average molecular weight is 432 g/mol. The summed E-state index contributed by atoms with van der Waals surface area (Å²) in [6.45, 7) is 2.98. The molecule has 1 heterocycles. The SMILES string of the molecule is CCOc1cc(/C=N\NC(=O)[C@H]2COc3ccccc3O2)ccc1OCc1ccccc1. The molecule has 32 heavy (non-hydrogen) atoms. The Bertz CT molecular complexity index is 1080. The number of hydrogen-bond donors (Lipinski definition) is 1. The molecule has 0 saturated carbocycles. The molecule has 164 valence electrons. The molecule has 0 bridgehead atoms. The number of carbonyl (C=O) groups excluding carboxylic acids is 1. The van der Waals surface area contributed by atoms with E-state index < -0.39 is 6.10 Å². The molecule has 0 spiro atoms. The average Bonchev–Trinajstić information content (AvgIpc) is 2.84. The van der Waals surface area contributed by atoms with E-state index >= 15 is 0 Å². The van der Waals surface area contributed by atoms with E-state index in [4.69, 9.17) is 18.9 Å². The minimum absolute atomic E-state index is 0.125. The molecule has 1 aliphatic rings. The van der Waals surface area contributed by atoms with E-state index in [2.05, 4.69) is 10.5 Å². The van der Waals surface area contributed by atoms with Gasteiger partial charge in [0.05, 0.1) is 12.8 Å². The van der Waals surface area contributed by atoms with E-state index in [0.29, 0.717) is 36.2 Å². The monoisotopic (exact) mass is 432 g/mol. The Balaban J connectivity index is 1.36. The molecule has 0 aromatic heterocycles. The topological polar surface area (TPSA) is 78.4 Å². The third-order valence-corrected chi connectivity index (χ3v) is 4.69. The number of ether oxygens (including phenoxy) is 4. The lowest BCUT2D eigenvalue weighted by molar-refractivity contribution is -0.130. The van der Waals surface area contributed by atoms with Crippen LogP contribution in [0.5, 0.6) is 23.0 Å². The quantitative estimate of drug-likeness (QED) is 0.431. The number of rotatable bonds is 8. The third-order valence-electron chi connectivity index (χ3n) is 4.69. The predicted octanol–water partition coefficient (Wildman–Crippen LogP) is 3.95. The number of fused-ring (bicyclic) bond motifs is 1. The Morgan fingerprint density at radius 3 is 2.62 bits per heavy atom. The molecule has 1 aliphatic heterocycles. The summed E-state index contributed by atoms with van der Waals surface area (Å²) in [5.41, 5.74) is 4.32. The molecule has 0 saturated heterocycles. The summed E-state index contributed by atoms with van der Waals surface area (Å²) in [7, 11) is 0. The lowest BCUT2D eigenvalue weighted by Gasteiger charge is -2.24. The maximum atomic E-state index is 12.4. The first-order valence-electron chi connectivity index (χ1n) is 10.4. The van der Waals surface area contributed by atoms with Crippen LogP contribution in [0.25, 0.3) is 0 Å². The Morgan fingerprint density at radius 1 is 1.03 bits per heavy atom. The van der Waals surface area contributed by atoms with Crippen molar-refractivity contribution in [3.8, 4) is 23.0 Å². The maximum absolute atomic E-state index is 12.4. The van der Waals surface area contributed by atoms with Crippen molar-refractivity contribution in [2.75, 3.05) is 13.2 Å². The molecule has 0 fully saturated rings. The van der Waals surface area contributed by atoms with Crippen molar-refractivity contribution in [1.82, 2.24) is 5.43 Å². The van der Waals surface area contributed by atoms with Gasteiger partial charge in [-0.25, -0.2) is 5.43 Å². The first-order chi connectivity index (χ1) is 15.7. The second kappa shape index (κ2) is 10.3. The van der Waals surface area contributed by atoms with Gasteiger partial charge in [-0.1, -0.05) is 42.5 Å². The predicted molar refractivity (Wildman–Crippen MR) is 120 cm³/mol. The van der Waals surface area contributed by atoms with E-state index in [-0.39, 0.29) is 12.5 Å². The zero-order valence-corrected chi connectivity index (χ0v) is 17.7.